The molecule has 0 saturated heterocycles. The van der Waals surface area contributed by atoms with Crippen LogP contribution in [0.4, 0.5) is 0 Å². The van der Waals surface area contributed by atoms with E-state index < -0.39 is 8.65 Å². The zero-order chi connectivity index (χ0) is 23.4. The first-order chi connectivity index (χ1) is 16.6. The summed E-state index contributed by atoms with van der Waals surface area (Å²) in [6.45, 7) is 0. The summed E-state index contributed by atoms with van der Waals surface area (Å²) in [5.74, 6) is 0. The van der Waals surface area contributed by atoms with Crippen LogP contribution in [0, 0.1) is 0 Å². The number of alkyl halides is 2. The van der Waals surface area contributed by atoms with Crippen LogP contribution >= 0.6 is 31.9 Å². The predicted molar refractivity (Wildman–Crippen MR) is 150 cm³/mol. The zero-order valence-electron chi connectivity index (χ0n) is 18.6. The second-order valence-electron chi connectivity index (χ2n) is 8.36. The minimum Gasteiger partial charge on any atom is -0.0696 e. The lowest BCUT2D eigenvalue weighted by atomic mass is 9.81. The Morgan fingerprint density at radius 2 is 0.441 bits per heavy atom. The summed E-state index contributed by atoms with van der Waals surface area (Å²) in [4.78, 5) is 0. The standard InChI is InChI=1S/C32H24Br2/c33-31(25-13-5-1-6-14-25,26-15-7-2-8-16-26)29-21-23-30(24-22-29)32(34,27-17-9-3-10-18-27)28-19-11-4-12-20-28/h1-24H. The van der Waals surface area contributed by atoms with Crippen molar-refractivity contribution in [1.29, 1.82) is 0 Å². The van der Waals surface area contributed by atoms with E-state index in [4.69, 9.17) is 0 Å². The fourth-order valence-electron chi connectivity index (χ4n) is 4.60. The van der Waals surface area contributed by atoms with E-state index in [1.165, 1.54) is 33.4 Å². The minimum atomic E-state index is -0.442. The quantitative estimate of drug-likeness (QED) is 0.142. The molecule has 0 amide bonds. The van der Waals surface area contributed by atoms with Gasteiger partial charge in [0.2, 0.25) is 0 Å². The van der Waals surface area contributed by atoms with E-state index in [0.717, 1.165) is 0 Å². The summed E-state index contributed by atoms with van der Waals surface area (Å²) in [7, 11) is 0. The van der Waals surface area contributed by atoms with Gasteiger partial charge in [0.1, 0.15) is 8.65 Å². The molecule has 2 heteroatoms. The number of rotatable bonds is 6. The van der Waals surface area contributed by atoms with Gasteiger partial charge in [-0.15, -0.1) is 0 Å². The molecular formula is C32H24Br2. The highest BCUT2D eigenvalue weighted by Gasteiger charge is 2.36. The van der Waals surface area contributed by atoms with Gasteiger partial charge in [0.05, 0.1) is 0 Å². The highest BCUT2D eigenvalue weighted by Crippen LogP contribution is 2.48. The first kappa shape index (κ1) is 22.8. The van der Waals surface area contributed by atoms with Gasteiger partial charge in [0.25, 0.3) is 0 Å². The SMILES string of the molecule is BrC(c1ccccc1)(c1ccccc1)c1ccc(C(Br)(c2ccccc2)c2ccccc2)cc1. The van der Waals surface area contributed by atoms with Crippen LogP contribution in [0.25, 0.3) is 0 Å². The van der Waals surface area contributed by atoms with E-state index >= 15 is 0 Å². The first-order valence-electron chi connectivity index (χ1n) is 11.3. The van der Waals surface area contributed by atoms with Crippen molar-refractivity contribution in [2.24, 2.45) is 0 Å². The van der Waals surface area contributed by atoms with Gasteiger partial charge in [0.15, 0.2) is 0 Å². The smallest absolute Gasteiger partial charge is 0.0696 e. The van der Waals surface area contributed by atoms with Gasteiger partial charge in [-0.05, 0) is 33.4 Å². The van der Waals surface area contributed by atoms with Gasteiger partial charge in [-0.25, -0.2) is 0 Å². The van der Waals surface area contributed by atoms with Crippen molar-refractivity contribution in [1.82, 2.24) is 0 Å². The predicted octanol–water partition coefficient (Wildman–Crippen LogP) is 9.06. The molecule has 34 heavy (non-hydrogen) atoms. The molecule has 0 N–H and O–H groups in total. The average Bonchev–Trinajstić information content (AvgIpc) is 2.94. The van der Waals surface area contributed by atoms with Gasteiger partial charge in [-0.2, -0.15) is 0 Å². The molecule has 5 aromatic carbocycles. The van der Waals surface area contributed by atoms with Crippen molar-refractivity contribution in [2.75, 3.05) is 0 Å². The zero-order valence-corrected chi connectivity index (χ0v) is 21.8. The van der Waals surface area contributed by atoms with Crippen molar-refractivity contribution < 1.29 is 0 Å². The van der Waals surface area contributed by atoms with Crippen molar-refractivity contribution in [3.05, 3.63) is 179 Å². The van der Waals surface area contributed by atoms with Crippen LogP contribution in [0.5, 0.6) is 0 Å². The lowest BCUT2D eigenvalue weighted by Gasteiger charge is -2.32. The largest absolute Gasteiger partial charge is 0.100 e. The Morgan fingerprint density at radius 3 is 0.647 bits per heavy atom. The summed E-state index contributed by atoms with van der Waals surface area (Å²) in [6.07, 6.45) is 0. The molecule has 5 aromatic rings. The highest BCUT2D eigenvalue weighted by molar-refractivity contribution is 9.10. The molecule has 0 aliphatic heterocycles. The number of halogens is 2. The Morgan fingerprint density at radius 1 is 0.265 bits per heavy atom. The van der Waals surface area contributed by atoms with Crippen molar-refractivity contribution in [2.45, 2.75) is 8.65 Å². The number of benzene rings is 5. The Kier molecular flexibility index (Phi) is 6.54. The third-order valence-electron chi connectivity index (χ3n) is 6.37. The molecule has 5 rings (SSSR count). The molecule has 166 valence electrons. The fourth-order valence-corrected chi connectivity index (χ4v) is 6.19. The van der Waals surface area contributed by atoms with Gasteiger partial charge in [0, 0.05) is 0 Å². The normalized spacial score (nSPS) is 11.8. The highest BCUT2D eigenvalue weighted by atomic mass is 79.9. The third-order valence-corrected chi connectivity index (χ3v) is 9.11. The molecule has 0 spiro atoms. The first-order valence-corrected chi connectivity index (χ1v) is 12.9. The van der Waals surface area contributed by atoms with E-state index in [9.17, 15) is 0 Å². The van der Waals surface area contributed by atoms with Crippen molar-refractivity contribution in [3.8, 4) is 0 Å². The molecule has 0 saturated carbocycles. The van der Waals surface area contributed by atoms with Gasteiger partial charge < -0.3 is 0 Å². The Bertz CT molecular complexity index is 1140. The molecule has 0 radical (unpaired) electrons. The lowest BCUT2D eigenvalue weighted by Crippen LogP contribution is -2.24. The molecule has 0 aliphatic carbocycles. The number of hydrogen-bond acceptors (Lipinski definition) is 0. The van der Waals surface area contributed by atoms with Crippen LogP contribution < -0.4 is 0 Å². The third kappa shape index (κ3) is 4.06. The Hall–Kier alpha value is -2.94. The van der Waals surface area contributed by atoms with Crippen molar-refractivity contribution in [3.63, 3.8) is 0 Å². The minimum absolute atomic E-state index is 0.442. The van der Waals surface area contributed by atoms with Crippen LogP contribution in [0.15, 0.2) is 146 Å². The molecule has 0 unspecified atom stereocenters. The summed E-state index contributed by atoms with van der Waals surface area (Å²) >= 11 is 8.33. The van der Waals surface area contributed by atoms with Gasteiger partial charge >= 0.3 is 0 Å². The summed E-state index contributed by atoms with van der Waals surface area (Å²) in [5.41, 5.74) is 7.17. The summed E-state index contributed by atoms with van der Waals surface area (Å²) in [5, 5.41) is 0. The summed E-state index contributed by atoms with van der Waals surface area (Å²) < 4.78 is -0.884. The molecule has 0 aliphatic rings. The Balaban J connectivity index is 1.66. The van der Waals surface area contributed by atoms with Crippen LogP contribution in [0.3, 0.4) is 0 Å². The van der Waals surface area contributed by atoms with E-state index in [1.807, 2.05) is 0 Å². The molecule has 0 fully saturated rings. The van der Waals surface area contributed by atoms with E-state index in [0.29, 0.717) is 0 Å². The Labute approximate surface area is 218 Å². The molecule has 0 aromatic heterocycles. The average molecular weight is 568 g/mol. The monoisotopic (exact) mass is 566 g/mol. The maximum Gasteiger partial charge on any atom is 0.100 e. The van der Waals surface area contributed by atoms with Crippen LogP contribution in [-0.4, -0.2) is 0 Å². The maximum absolute atomic E-state index is 4.16. The second kappa shape index (κ2) is 9.74. The van der Waals surface area contributed by atoms with Gasteiger partial charge in [-0.1, -0.05) is 177 Å². The lowest BCUT2D eigenvalue weighted by molar-refractivity contribution is 0.892. The molecule has 0 atom stereocenters. The van der Waals surface area contributed by atoms with Crippen LogP contribution in [0.1, 0.15) is 33.4 Å². The van der Waals surface area contributed by atoms with Crippen LogP contribution in [-0.2, 0) is 8.65 Å². The maximum atomic E-state index is 4.16. The molecule has 0 heterocycles. The van der Waals surface area contributed by atoms with Crippen LogP contribution in [0.2, 0.25) is 0 Å². The number of hydrogen-bond donors (Lipinski definition) is 0. The molecule has 0 bridgehead atoms. The second-order valence-corrected chi connectivity index (χ2v) is 10.7. The van der Waals surface area contributed by atoms with E-state index in [1.54, 1.807) is 0 Å². The summed E-state index contributed by atoms with van der Waals surface area (Å²) in [6, 6.07) is 51.4. The van der Waals surface area contributed by atoms with Crippen molar-refractivity contribution >= 4 is 31.9 Å². The fraction of sp³-hybridized carbons (Fsp3) is 0.0625. The van der Waals surface area contributed by atoms with E-state index in [2.05, 4.69) is 177 Å². The topological polar surface area (TPSA) is 0 Å². The molecule has 0 nitrogen and oxygen atoms in total. The molecular weight excluding hydrogens is 544 g/mol. The van der Waals surface area contributed by atoms with Gasteiger partial charge in [-0.3, -0.25) is 0 Å². The van der Waals surface area contributed by atoms with E-state index in [-0.39, 0.29) is 0 Å².